The number of hydrogen-bond acceptors (Lipinski definition) is 4. The van der Waals surface area contributed by atoms with Gasteiger partial charge < -0.3 is 10.1 Å². The van der Waals surface area contributed by atoms with Crippen molar-refractivity contribution in [2.24, 2.45) is 0 Å². The van der Waals surface area contributed by atoms with Crippen LogP contribution in [0.15, 0.2) is 29.2 Å². The van der Waals surface area contributed by atoms with E-state index in [0.717, 1.165) is 0 Å². The Balaban J connectivity index is 1.92. The van der Waals surface area contributed by atoms with Crippen LogP contribution < -0.4 is 5.32 Å². The van der Waals surface area contributed by atoms with Gasteiger partial charge in [-0.2, -0.15) is 8.78 Å². The molecule has 23 heavy (non-hydrogen) atoms. The van der Waals surface area contributed by atoms with Crippen molar-refractivity contribution >= 4 is 23.4 Å². The van der Waals surface area contributed by atoms with E-state index in [2.05, 4.69) is 10.2 Å². The summed E-state index contributed by atoms with van der Waals surface area (Å²) in [6, 6.07) is 6.16. The molecule has 3 atom stereocenters. The molecule has 0 aliphatic carbocycles. The first kappa shape index (κ1) is 18.2. The van der Waals surface area contributed by atoms with Crippen molar-refractivity contribution in [2.75, 3.05) is 18.4 Å². The maximum absolute atomic E-state index is 12.4. The minimum Gasteiger partial charge on any atom is -0.373 e. The maximum atomic E-state index is 12.4. The number of benzene rings is 1. The molecule has 0 bridgehead atoms. The van der Waals surface area contributed by atoms with Crippen LogP contribution in [0.3, 0.4) is 0 Å². The Kier molecular flexibility index (Phi) is 6.38. The molecule has 1 heterocycles. The normalized spacial score (nSPS) is 23.7. The number of anilines is 1. The molecule has 1 saturated heterocycles. The van der Waals surface area contributed by atoms with Crippen LogP contribution in [-0.2, 0) is 9.53 Å². The fourth-order valence-corrected chi connectivity index (χ4v) is 3.17. The number of nitrogens with one attached hydrogen (secondary N) is 1. The van der Waals surface area contributed by atoms with Gasteiger partial charge in [-0.15, -0.1) is 0 Å². The molecule has 0 saturated carbocycles. The van der Waals surface area contributed by atoms with Crippen molar-refractivity contribution < 1.29 is 18.3 Å². The molecule has 1 fully saturated rings. The Morgan fingerprint density at radius 3 is 2.35 bits per heavy atom. The molecular formula is C16H22F2N2O2S. The number of thioether (sulfide) groups is 1. The summed E-state index contributed by atoms with van der Waals surface area (Å²) in [5.41, 5.74) is 0.606. The smallest absolute Gasteiger partial charge is 0.288 e. The van der Waals surface area contributed by atoms with Crippen molar-refractivity contribution in [3.8, 4) is 0 Å². The second-order valence-corrected chi connectivity index (χ2v) is 6.84. The highest BCUT2D eigenvalue weighted by atomic mass is 32.2. The van der Waals surface area contributed by atoms with Crippen molar-refractivity contribution in [1.82, 2.24) is 4.90 Å². The fraction of sp³-hybridized carbons (Fsp3) is 0.562. The molecule has 7 heteroatoms. The number of morpholine rings is 1. The lowest BCUT2D eigenvalue weighted by Gasteiger charge is -2.38. The molecule has 0 radical (unpaired) electrons. The lowest BCUT2D eigenvalue weighted by Crippen LogP contribution is -2.52. The first-order valence-electron chi connectivity index (χ1n) is 7.60. The second-order valence-electron chi connectivity index (χ2n) is 5.78. The van der Waals surface area contributed by atoms with Crippen LogP contribution in [0.5, 0.6) is 0 Å². The summed E-state index contributed by atoms with van der Waals surface area (Å²) in [6.45, 7) is 7.27. The van der Waals surface area contributed by atoms with Crippen LogP contribution in [0.4, 0.5) is 14.5 Å². The number of alkyl halides is 2. The summed E-state index contributed by atoms with van der Waals surface area (Å²) in [6.07, 6.45) is 0.194. The molecule has 0 spiro atoms. The Hall–Kier alpha value is -1.18. The van der Waals surface area contributed by atoms with Gasteiger partial charge in [-0.05, 0) is 45.0 Å². The van der Waals surface area contributed by atoms with E-state index in [0.29, 0.717) is 35.4 Å². The van der Waals surface area contributed by atoms with Gasteiger partial charge in [0.15, 0.2) is 0 Å². The van der Waals surface area contributed by atoms with Crippen LogP contribution >= 0.6 is 11.8 Å². The Morgan fingerprint density at radius 1 is 1.26 bits per heavy atom. The van der Waals surface area contributed by atoms with Gasteiger partial charge in [-0.1, -0.05) is 11.8 Å². The summed E-state index contributed by atoms with van der Waals surface area (Å²) in [5, 5.41) is 2.83. The van der Waals surface area contributed by atoms with Crippen LogP contribution in [0, 0.1) is 0 Å². The maximum Gasteiger partial charge on any atom is 0.288 e. The van der Waals surface area contributed by atoms with E-state index in [-0.39, 0.29) is 24.2 Å². The number of nitrogens with zero attached hydrogens (tertiary/aromatic N) is 1. The van der Waals surface area contributed by atoms with E-state index >= 15 is 0 Å². The predicted octanol–water partition coefficient (Wildman–Crippen LogP) is 3.44. The van der Waals surface area contributed by atoms with Crippen molar-refractivity contribution in [2.45, 2.75) is 49.7 Å². The molecule has 4 nitrogen and oxygen atoms in total. The van der Waals surface area contributed by atoms with E-state index in [9.17, 15) is 13.6 Å². The lowest BCUT2D eigenvalue weighted by atomic mass is 10.1. The lowest BCUT2D eigenvalue weighted by molar-refractivity contribution is -0.126. The molecule has 1 aliphatic rings. The van der Waals surface area contributed by atoms with Crippen molar-refractivity contribution in [1.29, 1.82) is 0 Å². The summed E-state index contributed by atoms with van der Waals surface area (Å²) in [7, 11) is 0. The largest absolute Gasteiger partial charge is 0.373 e. The average molecular weight is 344 g/mol. The van der Waals surface area contributed by atoms with Gasteiger partial charge in [-0.25, -0.2) is 0 Å². The number of carbonyl (C=O) groups excluding carboxylic acids is 1. The van der Waals surface area contributed by atoms with Crippen LogP contribution in [0.2, 0.25) is 0 Å². The number of hydrogen-bond donors (Lipinski definition) is 1. The Labute approximate surface area is 139 Å². The molecule has 1 N–H and O–H groups in total. The van der Waals surface area contributed by atoms with Crippen LogP contribution in [0.1, 0.15) is 20.8 Å². The minimum absolute atomic E-state index is 0.0969. The third-order valence-corrected chi connectivity index (χ3v) is 4.44. The van der Waals surface area contributed by atoms with Crippen molar-refractivity contribution in [3.05, 3.63) is 24.3 Å². The number of carbonyl (C=O) groups is 1. The predicted molar refractivity (Wildman–Crippen MR) is 88.0 cm³/mol. The first-order valence-corrected chi connectivity index (χ1v) is 8.48. The van der Waals surface area contributed by atoms with Gasteiger partial charge in [0.25, 0.3) is 5.76 Å². The molecule has 1 amide bonds. The second kappa shape index (κ2) is 8.08. The van der Waals surface area contributed by atoms with E-state index < -0.39 is 5.76 Å². The monoisotopic (exact) mass is 344 g/mol. The van der Waals surface area contributed by atoms with Gasteiger partial charge in [0, 0.05) is 23.7 Å². The zero-order valence-corrected chi connectivity index (χ0v) is 14.3. The third kappa shape index (κ3) is 5.44. The summed E-state index contributed by atoms with van der Waals surface area (Å²) >= 11 is 0.487. The van der Waals surface area contributed by atoms with Crippen molar-refractivity contribution in [3.63, 3.8) is 0 Å². The van der Waals surface area contributed by atoms with E-state index in [1.807, 2.05) is 20.8 Å². The highest BCUT2D eigenvalue weighted by Gasteiger charge is 2.29. The van der Waals surface area contributed by atoms with Gasteiger partial charge in [0.2, 0.25) is 5.91 Å². The highest BCUT2D eigenvalue weighted by Crippen LogP contribution is 2.26. The van der Waals surface area contributed by atoms with Gasteiger partial charge >= 0.3 is 0 Å². The fourth-order valence-electron chi connectivity index (χ4n) is 2.67. The molecule has 1 aromatic rings. The molecular weight excluding hydrogens is 322 g/mol. The van der Waals surface area contributed by atoms with Crippen LogP contribution in [0.25, 0.3) is 0 Å². The molecule has 1 aliphatic heterocycles. The van der Waals surface area contributed by atoms with Gasteiger partial charge in [0.05, 0.1) is 18.2 Å². The summed E-state index contributed by atoms with van der Waals surface area (Å²) in [4.78, 5) is 14.9. The Morgan fingerprint density at radius 2 is 1.83 bits per heavy atom. The van der Waals surface area contributed by atoms with Gasteiger partial charge in [-0.3, -0.25) is 9.69 Å². The first-order chi connectivity index (χ1) is 10.8. The SMILES string of the molecule is C[C@H]1CN([C@@H](C)C(=O)Nc2ccc(SC(F)F)cc2)C[C@H](C)O1. The van der Waals surface area contributed by atoms with E-state index in [1.165, 1.54) is 0 Å². The van der Waals surface area contributed by atoms with E-state index in [4.69, 9.17) is 4.74 Å². The standard InChI is InChI=1S/C16H22F2N2O2S/c1-10-8-20(9-11(2)22-10)12(3)15(21)19-13-4-6-14(7-5-13)23-16(17)18/h4-7,10-12,16H,8-9H2,1-3H3,(H,19,21)/t10-,11-,12-/m0/s1. The zero-order chi connectivity index (χ0) is 17.0. The number of rotatable bonds is 5. The number of halogens is 2. The summed E-state index contributed by atoms with van der Waals surface area (Å²) < 4.78 is 30.2. The zero-order valence-electron chi connectivity index (χ0n) is 13.5. The topological polar surface area (TPSA) is 41.6 Å². The molecule has 0 unspecified atom stereocenters. The third-order valence-electron chi connectivity index (χ3n) is 3.72. The van der Waals surface area contributed by atoms with Gasteiger partial charge in [0.1, 0.15) is 0 Å². The number of amides is 1. The van der Waals surface area contributed by atoms with Crippen LogP contribution in [-0.4, -0.2) is 47.9 Å². The highest BCUT2D eigenvalue weighted by molar-refractivity contribution is 7.99. The number of ether oxygens (including phenoxy) is 1. The molecule has 0 aromatic heterocycles. The summed E-state index contributed by atoms with van der Waals surface area (Å²) in [5.74, 6) is -2.55. The molecule has 2 rings (SSSR count). The minimum atomic E-state index is -2.44. The molecule has 128 valence electrons. The average Bonchev–Trinajstić information content (AvgIpc) is 2.47. The van der Waals surface area contributed by atoms with E-state index in [1.54, 1.807) is 24.3 Å². The molecule has 1 aromatic carbocycles. The Bertz CT molecular complexity index is 517. The quantitative estimate of drug-likeness (QED) is 0.831.